The van der Waals surface area contributed by atoms with Crippen LogP contribution in [0.3, 0.4) is 0 Å². The van der Waals surface area contributed by atoms with Gasteiger partial charge in [-0.05, 0) is 25.5 Å². The number of amides is 1. The van der Waals surface area contributed by atoms with Gasteiger partial charge in [0.25, 0.3) is 0 Å². The molecule has 1 heterocycles. The number of carbonyl (C=O) groups excluding carboxylic acids is 1. The number of benzene rings is 1. The number of hydrogen-bond acceptors (Lipinski definition) is 5. The zero-order valence-electron chi connectivity index (χ0n) is 11.8. The Morgan fingerprint density at radius 1 is 1.43 bits per heavy atom. The Balaban J connectivity index is 1.96. The van der Waals surface area contributed by atoms with E-state index in [1.165, 1.54) is 6.20 Å². The van der Waals surface area contributed by atoms with E-state index in [9.17, 15) is 4.79 Å². The SMILES string of the molecule is CC(N)CCC(=O)Nc1cccc(Oc2cnccn2)c1. The second-order valence-electron chi connectivity index (χ2n) is 4.74. The van der Waals surface area contributed by atoms with Gasteiger partial charge < -0.3 is 15.8 Å². The molecule has 0 radical (unpaired) electrons. The molecule has 21 heavy (non-hydrogen) atoms. The molecule has 2 rings (SSSR count). The molecule has 1 unspecified atom stereocenters. The van der Waals surface area contributed by atoms with Gasteiger partial charge in [0.05, 0.1) is 6.20 Å². The summed E-state index contributed by atoms with van der Waals surface area (Å²) in [5, 5.41) is 2.81. The molecule has 6 nitrogen and oxygen atoms in total. The molecule has 1 aromatic carbocycles. The zero-order valence-corrected chi connectivity index (χ0v) is 11.8. The fraction of sp³-hybridized carbons (Fsp3) is 0.267. The maximum atomic E-state index is 11.8. The van der Waals surface area contributed by atoms with Crippen molar-refractivity contribution in [3.8, 4) is 11.6 Å². The summed E-state index contributed by atoms with van der Waals surface area (Å²) in [5.74, 6) is 0.919. The number of nitrogens with two attached hydrogens (primary N) is 1. The van der Waals surface area contributed by atoms with Crippen LogP contribution >= 0.6 is 0 Å². The van der Waals surface area contributed by atoms with Crippen LogP contribution in [0, 0.1) is 0 Å². The average Bonchev–Trinajstić information content (AvgIpc) is 2.46. The lowest BCUT2D eigenvalue weighted by atomic mass is 10.2. The highest BCUT2D eigenvalue weighted by molar-refractivity contribution is 5.90. The lowest BCUT2D eigenvalue weighted by Crippen LogP contribution is -2.19. The van der Waals surface area contributed by atoms with Crippen molar-refractivity contribution in [1.29, 1.82) is 0 Å². The Kier molecular flexibility index (Phi) is 5.22. The van der Waals surface area contributed by atoms with Gasteiger partial charge in [-0.15, -0.1) is 0 Å². The topological polar surface area (TPSA) is 90.1 Å². The van der Waals surface area contributed by atoms with Crippen LogP contribution in [0.5, 0.6) is 11.6 Å². The summed E-state index contributed by atoms with van der Waals surface area (Å²) in [4.78, 5) is 19.7. The van der Waals surface area contributed by atoms with E-state index < -0.39 is 0 Å². The maximum Gasteiger partial charge on any atom is 0.237 e. The summed E-state index contributed by atoms with van der Waals surface area (Å²) >= 11 is 0. The molecule has 3 N–H and O–H groups in total. The summed E-state index contributed by atoms with van der Waals surface area (Å²) in [5.41, 5.74) is 6.30. The molecule has 0 saturated carbocycles. The summed E-state index contributed by atoms with van der Waals surface area (Å²) in [7, 11) is 0. The Hall–Kier alpha value is -2.47. The Labute approximate surface area is 123 Å². The fourth-order valence-electron chi connectivity index (χ4n) is 1.68. The normalized spacial score (nSPS) is 11.7. The number of carbonyl (C=O) groups is 1. The van der Waals surface area contributed by atoms with Crippen molar-refractivity contribution in [1.82, 2.24) is 9.97 Å². The minimum Gasteiger partial charge on any atom is -0.437 e. The third kappa shape index (κ3) is 5.19. The predicted octanol–water partition coefficient (Wildman–Crippen LogP) is 2.33. The second-order valence-corrected chi connectivity index (χ2v) is 4.74. The first kappa shape index (κ1) is 14.9. The molecule has 0 aliphatic rings. The number of hydrogen-bond donors (Lipinski definition) is 2. The first-order chi connectivity index (χ1) is 10.1. The predicted molar refractivity (Wildman–Crippen MR) is 80.1 cm³/mol. The fourth-order valence-corrected chi connectivity index (χ4v) is 1.68. The molecule has 1 aromatic heterocycles. The number of rotatable bonds is 6. The zero-order chi connectivity index (χ0) is 15.1. The first-order valence-electron chi connectivity index (χ1n) is 6.73. The summed E-state index contributed by atoms with van der Waals surface area (Å²) in [6.45, 7) is 1.88. The van der Waals surface area contributed by atoms with E-state index in [-0.39, 0.29) is 11.9 Å². The number of nitrogens with one attached hydrogen (secondary N) is 1. The van der Waals surface area contributed by atoms with Crippen LogP contribution in [0.25, 0.3) is 0 Å². The maximum absolute atomic E-state index is 11.8. The van der Waals surface area contributed by atoms with Gasteiger partial charge in [0, 0.05) is 36.6 Å². The Morgan fingerprint density at radius 3 is 3.00 bits per heavy atom. The van der Waals surface area contributed by atoms with Gasteiger partial charge in [0.15, 0.2) is 0 Å². The van der Waals surface area contributed by atoms with Gasteiger partial charge in [-0.25, -0.2) is 4.98 Å². The number of aromatic nitrogens is 2. The van der Waals surface area contributed by atoms with Gasteiger partial charge in [-0.2, -0.15) is 0 Å². The van der Waals surface area contributed by atoms with E-state index in [1.54, 1.807) is 36.7 Å². The molecule has 0 saturated heterocycles. The quantitative estimate of drug-likeness (QED) is 0.850. The van der Waals surface area contributed by atoms with Crippen LogP contribution in [-0.4, -0.2) is 21.9 Å². The Bertz CT molecular complexity index is 587. The van der Waals surface area contributed by atoms with Gasteiger partial charge in [-0.3, -0.25) is 9.78 Å². The smallest absolute Gasteiger partial charge is 0.237 e. The van der Waals surface area contributed by atoms with Crippen molar-refractivity contribution in [2.45, 2.75) is 25.8 Å². The largest absolute Gasteiger partial charge is 0.437 e. The van der Waals surface area contributed by atoms with Crippen molar-refractivity contribution < 1.29 is 9.53 Å². The van der Waals surface area contributed by atoms with Gasteiger partial charge in [-0.1, -0.05) is 6.07 Å². The molecule has 1 atom stereocenters. The van der Waals surface area contributed by atoms with E-state index in [1.807, 2.05) is 6.92 Å². The van der Waals surface area contributed by atoms with E-state index in [4.69, 9.17) is 10.5 Å². The molecule has 6 heteroatoms. The highest BCUT2D eigenvalue weighted by Crippen LogP contribution is 2.22. The van der Waals surface area contributed by atoms with Gasteiger partial charge in [0.1, 0.15) is 5.75 Å². The van der Waals surface area contributed by atoms with Crippen molar-refractivity contribution in [3.63, 3.8) is 0 Å². The Morgan fingerprint density at radius 2 is 2.29 bits per heavy atom. The minimum absolute atomic E-state index is 0.0158. The van der Waals surface area contributed by atoms with E-state index in [0.29, 0.717) is 30.2 Å². The van der Waals surface area contributed by atoms with Crippen LogP contribution in [0.2, 0.25) is 0 Å². The van der Waals surface area contributed by atoms with Crippen molar-refractivity contribution >= 4 is 11.6 Å². The molecule has 2 aromatic rings. The third-order valence-corrected chi connectivity index (χ3v) is 2.71. The monoisotopic (exact) mass is 286 g/mol. The molecule has 0 fully saturated rings. The van der Waals surface area contributed by atoms with Crippen molar-refractivity contribution in [2.24, 2.45) is 5.73 Å². The summed E-state index contributed by atoms with van der Waals surface area (Å²) < 4.78 is 5.55. The molecular formula is C15H18N4O2. The summed E-state index contributed by atoms with van der Waals surface area (Å²) in [6.07, 6.45) is 5.69. The van der Waals surface area contributed by atoms with Crippen LogP contribution < -0.4 is 15.8 Å². The van der Waals surface area contributed by atoms with Gasteiger partial charge in [0.2, 0.25) is 11.8 Å². The van der Waals surface area contributed by atoms with Crippen LogP contribution in [-0.2, 0) is 4.79 Å². The van der Waals surface area contributed by atoms with Crippen molar-refractivity contribution in [3.05, 3.63) is 42.9 Å². The minimum atomic E-state index is -0.0658. The van der Waals surface area contributed by atoms with Crippen LogP contribution in [0.15, 0.2) is 42.9 Å². The number of anilines is 1. The molecule has 0 aliphatic carbocycles. The molecular weight excluding hydrogens is 268 g/mol. The lowest BCUT2D eigenvalue weighted by molar-refractivity contribution is -0.116. The first-order valence-corrected chi connectivity index (χ1v) is 6.73. The van der Waals surface area contributed by atoms with E-state index in [2.05, 4.69) is 15.3 Å². The van der Waals surface area contributed by atoms with Crippen molar-refractivity contribution in [2.75, 3.05) is 5.32 Å². The number of nitrogens with zero attached hydrogens (tertiary/aromatic N) is 2. The average molecular weight is 286 g/mol. The molecule has 0 spiro atoms. The van der Waals surface area contributed by atoms with Crippen LogP contribution in [0.1, 0.15) is 19.8 Å². The summed E-state index contributed by atoms with van der Waals surface area (Å²) in [6, 6.07) is 7.13. The lowest BCUT2D eigenvalue weighted by Gasteiger charge is -2.09. The molecule has 0 bridgehead atoms. The van der Waals surface area contributed by atoms with E-state index in [0.717, 1.165) is 0 Å². The van der Waals surface area contributed by atoms with Crippen LogP contribution in [0.4, 0.5) is 5.69 Å². The highest BCUT2D eigenvalue weighted by atomic mass is 16.5. The molecule has 0 aliphatic heterocycles. The van der Waals surface area contributed by atoms with E-state index >= 15 is 0 Å². The second kappa shape index (κ2) is 7.35. The molecule has 1 amide bonds. The highest BCUT2D eigenvalue weighted by Gasteiger charge is 2.05. The standard InChI is InChI=1S/C15H18N4O2/c1-11(16)5-6-14(20)19-12-3-2-4-13(9-12)21-15-10-17-7-8-18-15/h2-4,7-11H,5-6,16H2,1H3,(H,19,20). The third-order valence-electron chi connectivity index (χ3n) is 2.71. The molecule has 110 valence electrons. The van der Waals surface area contributed by atoms with Gasteiger partial charge >= 0.3 is 0 Å². The number of ether oxygens (including phenoxy) is 1.